The Hall–Kier alpha value is -1.16. The maximum absolute atomic E-state index is 13.4. The minimum atomic E-state index is -0.902. The lowest BCUT2D eigenvalue weighted by molar-refractivity contribution is 0.453. The third-order valence-corrected chi connectivity index (χ3v) is 2.31. The smallest absolute Gasteiger partial charge is 0.164 e. The van der Waals surface area contributed by atoms with E-state index in [0.29, 0.717) is 0 Å². The van der Waals surface area contributed by atoms with Gasteiger partial charge >= 0.3 is 0 Å². The van der Waals surface area contributed by atoms with E-state index in [-0.39, 0.29) is 17.8 Å². The minimum absolute atomic E-state index is 0.153. The zero-order chi connectivity index (χ0) is 10.9. The van der Waals surface area contributed by atoms with E-state index in [2.05, 4.69) is 0 Å². The molecule has 0 heterocycles. The maximum Gasteiger partial charge on any atom is 0.164 e. The van der Waals surface area contributed by atoms with Crippen LogP contribution in [-0.2, 0) is 5.41 Å². The molecule has 0 aliphatic heterocycles. The second-order valence-electron chi connectivity index (χ2n) is 3.91. The molecule has 1 rings (SSSR count). The van der Waals surface area contributed by atoms with Gasteiger partial charge in [0.05, 0.1) is 0 Å². The molecular weight excluding hydrogens is 186 g/mol. The van der Waals surface area contributed by atoms with E-state index in [1.54, 1.807) is 13.8 Å². The second kappa shape index (κ2) is 3.53. The molecule has 0 spiro atoms. The highest BCUT2D eigenvalue weighted by Gasteiger charge is 2.26. The van der Waals surface area contributed by atoms with Crippen molar-refractivity contribution < 1.29 is 8.78 Å². The van der Waals surface area contributed by atoms with E-state index in [9.17, 15) is 8.78 Å². The molecule has 1 aromatic rings. The van der Waals surface area contributed by atoms with Crippen LogP contribution in [0.4, 0.5) is 14.5 Å². The molecule has 0 aliphatic rings. The molecule has 14 heavy (non-hydrogen) atoms. The number of anilines is 1. The molecule has 0 amide bonds. The standard InChI is InChI=1S/C10H14F2N2/c1-10(2,5-13)8-7(14)4-3-6(11)9(8)12/h3-4H,5,13-14H2,1-2H3. The van der Waals surface area contributed by atoms with Gasteiger partial charge in [0, 0.05) is 23.2 Å². The van der Waals surface area contributed by atoms with E-state index < -0.39 is 17.0 Å². The summed E-state index contributed by atoms with van der Waals surface area (Å²) in [7, 11) is 0. The molecule has 0 saturated heterocycles. The number of benzene rings is 1. The molecule has 0 fully saturated rings. The van der Waals surface area contributed by atoms with E-state index in [0.717, 1.165) is 6.07 Å². The summed E-state index contributed by atoms with van der Waals surface area (Å²) in [5, 5.41) is 0. The number of nitrogens with two attached hydrogens (primary N) is 2. The molecule has 0 unspecified atom stereocenters. The summed E-state index contributed by atoms with van der Waals surface area (Å²) in [4.78, 5) is 0. The minimum Gasteiger partial charge on any atom is -0.398 e. The van der Waals surface area contributed by atoms with Crippen molar-refractivity contribution in [1.29, 1.82) is 0 Å². The molecule has 0 aliphatic carbocycles. The summed E-state index contributed by atoms with van der Waals surface area (Å²) in [6.07, 6.45) is 0. The molecule has 78 valence electrons. The topological polar surface area (TPSA) is 52.0 Å². The molecule has 0 atom stereocenters. The maximum atomic E-state index is 13.4. The Bertz CT molecular complexity index is 348. The van der Waals surface area contributed by atoms with Crippen LogP contribution in [0.1, 0.15) is 19.4 Å². The van der Waals surface area contributed by atoms with Gasteiger partial charge in [0.1, 0.15) is 0 Å². The predicted molar refractivity (Wildman–Crippen MR) is 52.9 cm³/mol. The van der Waals surface area contributed by atoms with Gasteiger partial charge in [-0.05, 0) is 12.1 Å². The highest BCUT2D eigenvalue weighted by Crippen LogP contribution is 2.31. The van der Waals surface area contributed by atoms with Crippen LogP contribution in [0.3, 0.4) is 0 Å². The first-order chi connectivity index (χ1) is 6.40. The lowest BCUT2D eigenvalue weighted by Gasteiger charge is -2.25. The zero-order valence-electron chi connectivity index (χ0n) is 8.27. The van der Waals surface area contributed by atoms with Crippen molar-refractivity contribution in [2.45, 2.75) is 19.3 Å². The first-order valence-corrected chi connectivity index (χ1v) is 4.34. The lowest BCUT2D eigenvalue weighted by Crippen LogP contribution is -2.30. The van der Waals surface area contributed by atoms with Gasteiger partial charge in [0.15, 0.2) is 11.6 Å². The van der Waals surface area contributed by atoms with Gasteiger partial charge in [-0.1, -0.05) is 13.8 Å². The van der Waals surface area contributed by atoms with Crippen LogP contribution >= 0.6 is 0 Å². The second-order valence-corrected chi connectivity index (χ2v) is 3.91. The Morgan fingerprint density at radius 2 is 1.86 bits per heavy atom. The number of hydrogen-bond donors (Lipinski definition) is 2. The Morgan fingerprint density at radius 1 is 1.29 bits per heavy atom. The third kappa shape index (κ3) is 1.70. The van der Waals surface area contributed by atoms with Gasteiger partial charge in [0.25, 0.3) is 0 Å². The summed E-state index contributed by atoms with van der Waals surface area (Å²) < 4.78 is 26.4. The van der Waals surface area contributed by atoms with Crippen LogP contribution in [0.2, 0.25) is 0 Å². The average Bonchev–Trinajstić information content (AvgIpc) is 2.12. The molecule has 4 heteroatoms. The van der Waals surface area contributed by atoms with E-state index in [1.807, 2.05) is 0 Å². The van der Waals surface area contributed by atoms with Gasteiger partial charge in [-0.3, -0.25) is 0 Å². The fourth-order valence-corrected chi connectivity index (χ4v) is 1.36. The summed E-state index contributed by atoms with van der Waals surface area (Å²) in [5.41, 5.74) is 10.8. The Kier molecular flexibility index (Phi) is 2.76. The Morgan fingerprint density at radius 3 is 2.36 bits per heavy atom. The average molecular weight is 200 g/mol. The van der Waals surface area contributed by atoms with E-state index in [4.69, 9.17) is 11.5 Å². The largest absolute Gasteiger partial charge is 0.398 e. The first kappa shape index (κ1) is 10.9. The quantitative estimate of drug-likeness (QED) is 0.715. The Labute approximate surface area is 81.9 Å². The van der Waals surface area contributed by atoms with Crippen molar-refractivity contribution in [1.82, 2.24) is 0 Å². The van der Waals surface area contributed by atoms with Crippen LogP contribution in [0.25, 0.3) is 0 Å². The number of nitrogen functional groups attached to an aromatic ring is 1. The predicted octanol–water partition coefficient (Wildman–Crippen LogP) is 1.78. The summed E-state index contributed by atoms with van der Waals surface area (Å²) in [6, 6.07) is 2.37. The van der Waals surface area contributed by atoms with Crippen molar-refractivity contribution in [2.75, 3.05) is 12.3 Å². The molecular formula is C10H14F2N2. The van der Waals surface area contributed by atoms with Crippen molar-refractivity contribution >= 4 is 5.69 Å². The van der Waals surface area contributed by atoms with Crippen molar-refractivity contribution in [3.63, 3.8) is 0 Å². The van der Waals surface area contributed by atoms with Gasteiger partial charge in [-0.2, -0.15) is 0 Å². The Balaban J connectivity index is 3.40. The van der Waals surface area contributed by atoms with Crippen LogP contribution in [0.15, 0.2) is 12.1 Å². The molecule has 0 aromatic heterocycles. The van der Waals surface area contributed by atoms with Gasteiger partial charge in [-0.25, -0.2) is 8.78 Å². The van der Waals surface area contributed by atoms with Crippen molar-refractivity contribution in [2.24, 2.45) is 5.73 Å². The molecule has 2 nitrogen and oxygen atoms in total. The van der Waals surface area contributed by atoms with Crippen LogP contribution in [0.5, 0.6) is 0 Å². The van der Waals surface area contributed by atoms with Gasteiger partial charge in [0.2, 0.25) is 0 Å². The third-order valence-electron chi connectivity index (χ3n) is 2.31. The number of hydrogen-bond acceptors (Lipinski definition) is 2. The van der Waals surface area contributed by atoms with Gasteiger partial charge in [-0.15, -0.1) is 0 Å². The normalized spacial score (nSPS) is 11.8. The first-order valence-electron chi connectivity index (χ1n) is 4.34. The summed E-state index contributed by atoms with van der Waals surface area (Å²) in [5.74, 6) is -1.80. The van der Waals surface area contributed by atoms with Crippen molar-refractivity contribution in [3.8, 4) is 0 Å². The highest BCUT2D eigenvalue weighted by molar-refractivity contribution is 5.51. The monoisotopic (exact) mass is 200 g/mol. The van der Waals surface area contributed by atoms with Crippen LogP contribution in [0, 0.1) is 11.6 Å². The van der Waals surface area contributed by atoms with Crippen molar-refractivity contribution in [3.05, 3.63) is 29.3 Å². The molecule has 0 radical (unpaired) electrons. The van der Waals surface area contributed by atoms with Crippen LogP contribution in [-0.4, -0.2) is 6.54 Å². The molecule has 0 bridgehead atoms. The molecule has 1 aromatic carbocycles. The van der Waals surface area contributed by atoms with Gasteiger partial charge < -0.3 is 11.5 Å². The fraction of sp³-hybridized carbons (Fsp3) is 0.400. The summed E-state index contributed by atoms with van der Waals surface area (Å²) in [6.45, 7) is 3.65. The number of halogens is 2. The van der Waals surface area contributed by atoms with E-state index in [1.165, 1.54) is 6.07 Å². The lowest BCUT2D eigenvalue weighted by atomic mass is 9.83. The SMILES string of the molecule is CC(C)(CN)c1c(N)ccc(F)c1F. The molecule has 4 N–H and O–H groups in total. The zero-order valence-corrected chi connectivity index (χ0v) is 8.27. The highest BCUT2D eigenvalue weighted by atomic mass is 19.2. The number of rotatable bonds is 2. The van der Waals surface area contributed by atoms with E-state index >= 15 is 0 Å². The fourth-order valence-electron chi connectivity index (χ4n) is 1.36. The summed E-state index contributed by atoms with van der Waals surface area (Å²) >= 11 is 0. The molecule has 0 saturated carbocycles. The van der Waals surface area contributed by atoms with Crippen LogP contribution < -0.4 is 11.5 Å².